The van der Waals surface area contributed by atoms with Gasteiger partial charge in [-0.1, -0.05) is 12.1 Å². The van der Waals surface area contributed by atoms with Gasteiger partial charge in [0, 0.05) is 0 Å². The van der Waals surface area contributed by atoms with Gasteiger partial charge in [0.15, 0.2) is 11.6 Å². The number of esters is 2. The standard InChI is InChI=1S/C23H23FN2O7/c1-4-32-22(28)19-17(12-33-21(27)14-7-10-18(31-3)16(24)11-14)25-23(29)26-20(19)13-5-8-15(30-2)9-6-13/h5-11,20H,4,12H2,1-3H3,(H2,25,26,29)/t20-/m1/s1. The summed E-state index contributed by atoms with van der Waals surface area (Å²) >= 11 is 0. The van der Waals surface area contributed by atoms with E-state index in [9.17, 15) is 18.8 Å². The average molecular weight is 458 g/mol. The van der Waals surface area contributed by atoms with Crippen molar-refractivity contribution in [1.82, 2.24) is 10.6 Å². The summed E-state index contributed by atoms with van der Waals surface area (Å²) in [5, 5.41) is 5.17. The summed E-state index contributed by atoms with van der Waals surface area (Å²) in [7, 11) is 2.82. The number of methoxy groups -OCH3 is 2. The Labute approximate surface area is 189 Å². The van der Waals surface area contributed by atoms with Crippen LogP contribution in [0.2, 0.25) is 0 Å². The lowest BCUT2D eigenvalue weighted by molar-refractivity contribution is -0.139. The van der Waals surface area contributed by atoms with Gasteiger partial charge in [0.05, 0.1) is 43.7 Å². The molecule has 1 heterocycles. The van der Waals surface area contributed by atoms with Crippen LogP contribution in [0.25, 0.3) is 0 Å². The molecule has 0 fully saturated rings. The van der Waals surface area contributed by atoms with Gasteiger partial charge in [-0.05, 0) is 42.8 Å². The molecule has 9 nitrogen and oxygen atoms in total. The summed E-state index contributed by atoms with van der Waals surface area (Å²) < 4.78 is 34.3. The van der Waals surface area contributed by atoms with E-state index in [1.165, 1.54) is 26.4 Å². The Morgan fingerprint density at radius 3 is 2.33 bits per heavy atom. The van der Waals surface area contributed by atoms with Crippen LogP contribution in [0.3, 0.4) is 0 Å². The molecular formula is C23H23FN2O7. The number of halogens is 1. The molecule has 2 amide bonds. The zero-order valence-corrected chi connectivity index (χ0v) is 18.3. The number of rotatable bonds is 8. The van der Waals surface area contributed by atoms with Gasteiger partial charge in [-0.25, -0.2) is 18.8 Å². The summed E-state index contributed by atoms with van der Waals surface area (Å²) in [6.45, 7) is 1.30. The quantitative estimate of drug-likeness (QED) is 0.585. The Bertz CT molecular complexity index is 1080. The molecule has 174 valence electrons. The van der Waals surface area contributed by atoms with Crippen molar-refractivity contribution in [2.45, 2.75) is 13.0 Å². The molecule has 0 unspecified atom stereocenters. The van der Waals surface area contributed by atoms with Crippen molar-refractivity contribution >= 4 is 18.0 Å². The van der Waals surface area contributed by atoms with Gasteiger partial charge in [0.25, 0.3) is 0 Å². The summed E-state index contributed by atoms with van der Waals surface area (Å²) in [4.78, 5) is 37.5. The van der Waals surface area contributed by atoms with Crippen molar-refractivity contribution in [2.24, 2.45) is 0 Å². The Kier molecular flexibility index (Phi) is 7.50. The van der Waals surface area contributed by atoms with Crippen molar-refractivity contribution in [3.05, 3.63) is 70.7 Å². The van der Waals surface area contributed by atoms with E-state index in [0.29, 0.717) is 11.3 Å². The van der Waals surface area contributed by atoms with Crippen LogP contribution in [0.4, 0.5) is 9.18 Å². The average Bonchev–Trinajstić information content (AvgIpc) is 2.82. The van der Waals surface area contributed by atoms with Crippen LogP contribution in [-0.4, -0.2) is 45.4 Å². The molecule has 0 radical (unpaired) electrons. The van der Waals surface area contributed by atoms with Crippen LogP contribution in [-0.2, 0) is 14.3 Å². The van der Waals surface area contributed by atoms with Crippen molar-refractivity contribution < 1.29 is 37.7 Å². The van der Waals surface area contributed by atoms with Crippen LogP contribution >= 0.6 is 0 Å². The van der Waals surface area contributed by atoms with Crippen LogP contribution in [0.5, 0.6) is 11.5 Å². The first-order valence-corrected chi connectivity index (χ1v) is 10.00. The molecular weight excluding hydrogens is 435 g/mol. The van der Waals surface area contributed by atoms with E-state index in [4.69, 9.17) is 18.9 Å². The molecule has 33 heavy (non-hydrogen) atoms. The van der Waals surface area contributed by atoms with Crippen LogP contribution in [0.1, 0.15) is 28.9 Å². The number of hydrogen-bond donors (Lipinski definition) is 2. The highest BCUT2D eigenvalue weighted by Gasteiger charge is 2.34. The third-order valence-electron chi connectivity index (χ3n) is 4.83. The van der Waals surface area contributed by atoms with Gasteiger partial charge in [-0.15, -0.1) is 0 Å². The highest BCUT2D eigenvalue weighted by atomic mass is 19.1. The lowest BCUT2D eigenvalue weighted by atomic mass is 9.95. The zero-order valence-electron chi connectivity index (χ0n) is 18.3. The molecule has 1 aliphatic heterocycles. The predicted molar refractivity (Wildman–Crippen MR) is 114 cm³/mol. The van der Waals surface area contributed by atoms with E-state index < -0.39 is 36.4 Å². The molecule has 2 aromatic carbocycles. The third-order valence-corrected chi connectivity index (χ3v) is 4.83. The van der Waals surface area contributed by atoms with E-state index in [0.717, 1.165) is 6.07 Å². The van der Waals surface area contributed by atoms with Gasteiger partial charge >= 0.3 is 18.0 Å². The fourth-order valence-corrected chi connectivity index (χ4v) is 3.24. The van der Waals surface area contributed by atoms with Crippen LogP contribution in [0.15, 0.2) is 53.7 Å². The van der Waals surface area contributed by atoms with E-state index in [1.54, 1.807) is 31.2 Å². The van der Waals surface area contributed by atoms with E-state index in [-0.39, 0.29) is 29.2 Å². The van der Waals surface area contributed by atoms with Crippen molar-refractivity contribution in [3.63, 3.8) is 0 Å². The maximum absolute atomic E-state index is 13.9. The second-order valence-electron chi connectivity index (χ2n) is 6.84. The largest absolute Gasteiger partial charge is 0.497 e. The van der Waals surface area contributed by atoms with Crippen molar-refractivity contribution in [3.8, 4) is 11.5 Å². The summed E-state index contributed by atoms with van der Waals surface area (Å²) in [5.41, 5.74) is 0.670. The van der Waals surface area contributed by atoms with Gasteiger partial charge in [0.2, 0.25) is 0 Å². The van der Waals surface area contributed by atoms with Crippen LogP contribution in [0, 0.1) is 5.82 Å². The van der Waals surface area contributed by atoms with Gasteiger partial charge < -0.3 is 29.6 Å². The smallest absolute Gasteiger partial charge is 0.338 e. The minimum absolute atomic E-state index is 0.0215. The van der Waals surface area contributed by atoms with E-state index in [2.05, 4.69) is 10.6 Å². The molecule has 2 aromatic rings. The molecule has 10 heteroatoms. The molecule has 2 N–H and O–H groups in total. The van der Waals surface area contributed by atoms with Crippen LogP contribution < -0.4 is 20.1 Å². The first-order chi connectivity index (χ1) is 15.9. The second-order valence-corrected chi connectivity index (χ2v) is 6.84. The maximum atomic E-state index is 13.9. The third kappa shape index (κ3) is 5.40. The van der Waals surface area contributed by atoms with Crippen molar-refractivity contribution in [2.75, 3.05) is 27.4 Å². The first-order valence-electron chi connectivity index (χ1n) is 10.00. The molecule has 0 aliphatic carbocycles. The molecule has 0 bridgehead atoms. The highest BCUT2D eigenvalue weighted by Crippen LogP contribution is 2.29. The normalized spacial score (nSPS) is 15.3. The highest BCUT2D eigenvalue weighted by molar-refractivity contribution is 5.95. The lowest BCUT2D eigenvalue weighted by Gasteiger charge is -2.29. The fraction of sp³-hybridized carbons (Fsp3) is 0.261. The number of ether oxygens (including phenoxy) is 4. The predicted octanol–water partition coefficient (Wildman–Crippen LogP) is 2.87. The number of urea groups is 1. The summed E-state index contributed by atoms with van der Waals surface area (Å²) in [6, 6.07) is 8.92. The van der Waals surface area contributed by atoms with Gasteiger partial charge in [-0.2, -0.15) is 0 Å². The molecule has 0 aromatic heterocycles. The van der Waals surface area contributed by atoms with Crippen molar-refractivity contribution in [1.29, 1.82) is 0 Å². The number of carbonyl (C=O) groups excluding carboxylic acids is 3. The zero-order chi connectivity index (χ0) is 24.0. The summed E-state index contributed by atoms with van der Waals surface area (Å²) in [6.07, 6.45) is 0. The number of nitrogens with one attached hydrogen (secondary N) is 2. The number of benzene rings is 2. The van der Waals surface area contributed by atoms with Gasteiger partial charge in [-0.3, -0.25) is 0 Å². The molecule has 0 saturated heterocycles. The summed E-state index contributed by atoms with van der Waals surface area (Å²) in [5.74, 6) is -1.69. The van der Waals surface area contributed by atoms with E-state index >= 15 is 0 Å². The van der Waals surface area contributed by atoms with E-state index in [1.807, 2.05) is 0 Å². The Hall–Kier alpha value is -4.08. The lowest BCUT2D eigenvalue weighted by Crippen LogP contribution is -2.47. The minimum atomic E-state index is -0.851. The Morgan fingerprint density at radius 1 is 1.00 bits per heavy atom. The van der Waals surface area contributed by atoms with Gasteiger partial charge in [0.1, 0.15) is 12.4 Å². The fourth-order valence-electron chi connectivity index (χ4n) is 3.24. The molecule has 0 spiro atoms. The Balaban J connectivity index is 1.90. The first kappa shape index (κ1) is 23.6. The number of amides is 2. The molecule has 0 saturated carbocycles. The number of hydrogen-bond acceptors (Lipinski definition) is 7. The molecule has 3 rings (SSSR count). The molecule has 1 aliphatic rings. The monoisotopic (exact) mass is 458 g/mol. The SMILES string of the molecule is CCOC(=O)C1=C(COC(=O)c2ccc(OC)c(F)c2)NC(=O)N[C@@H]1c1ccc(OC)cc1. The second kappa shape index (κ2) is 10.5. The Morgan fingerprint density at radius 2 is 1.73 bits per heavy atom. The minimum Gasteiger partial charge on any atom is -0.497 e. The topological polar surface area (TPSA) is 112 Å². The maximum Gasteiger partial charge on any atom is 0.338 e. The number of carbonyl (C=O) groups is 3. The molecule has 1 atom stereocenters.